The van der Waals surface area contributed by atoms with Gasteiger partial charge in [0.2, 0.25) is 0 Å². The minimum atomic E-state index is -0.739. The quantitative estimate of drug-likeness (QED) is 0.688. The molecule has 1 rings (SSSR count). The van der Waals surface area contributed by atoms with E-state index in [2.05, 4.69) is 12.2 Å². The number of carbonyl (C=O) groups is 1. The Morgan fingerprint density at radius 1 is 1.64 bits per heavy atom. The molecule has 0 aromatic carbocycles. The Labute approximate surface area is 85.9 Å². The summed E-state index contributed by atoms with van der Waals surface area (Å²) >= 11 is 0. The van der Waals surface area contributed by atoms with E-state index in [4.69, 9.17) is 5.11 Å². The topological polar surface area (TPSA) is 49.3 Å². The van der Waals surface area contributed by atoms with E-state index in [0.29, 0.717) is 18.4 Å². The van der Waals surface area contributed by atoms with Crippen LogP contribution in [0.3, 0.4) is 0 Å². The molecule has 3 heteroatoms. The smallest absolute Gasteiger partial charge is 0.323 e. The van der Waals surface area contributed by atoms with Crippen LogP contribution in [0.1, 0.15) is 46.5 Å². The summed E-state index contributed by atoms with van der Waals surface area (Å²) in [5, 5.41) is 12.4. The van der Waals surface area contributed by atoms with Crippen molar-refractivity contribution in [3.8, 4) is 0 Å². The number of carboxylic acid groups (broad SMARTS) is 1. The zero-order chi connectivity index (χ0) is 10.8. The first-order valence-electron chi connectivity index (χ1n) is 5.50. The van der Waals surface area contributed by atoms with Crippen LogP contribution >= 0.6 is 0 Å². The highest BCUT2D eigenvalue weighted by molar-refractivity contribution is 5.78. The monoisotopic (exact) mass is 199 g/mol. The summed E-state index contributed by atoms with van der Waals surface area (Å²) in [4.78, 5) is 11.1. The van der Waals surface area contributed by atoms with Gasteiger partial charge in [0.05, 0.1) is 0 Å². The van der Waals surface area contributed by atoms with E-state index in [1.807, 2.05) is 6.92 Å². The van der Waals surface area contributed by atoms with Crippen LogP contribution in [0.5, 0.6) is 0 Å². The summed E-state index contributed by atoms with van der Waals surface area (Å²) in [5.74, 6) is -0.0302. The fraction of sp³-hybridized carbons (Fsp3) is 0.909. The molecule has 0 radical (unpaired) electrons. The van der Waals surface area contributed by atoms with Gasteiger partial charge in [0.25, 0.3) is 0 Å². The van der Waals surface area contributed by atoms with Crippen LogP contribution in [0.4, 0.5) is 0 Å². The lowest BCUT2D eigenvalue weighted by Crippen LogP contribution is -2.53. The fourth-order valence-electron chi connectivity index (χ4n) is 1.96. The van der Waals surface area contributed by atoms with Gasteiger partial charge in [-0.05, 0) is 39.0 Å². The van der Waals surface area contributed by atoms with Gasteiger partial charge in [-0.3, -0.25) is 10.1 Å². The molecule has 3 nitrogen and oxygen atoms in total. The lowest BCUT2D eigenvalue weighted by molar-refractivity contribution is -0.144. The average molecular weight is 199 g/mol. The van der Waals surface area contributed by atoms with Crippen LogP contribution in [-0.2, 0) is 4.79 Å². The van der Waals surface area contributed by atoms with E-state index in [1.54, 1.807) is 6.92 Å². The van der Waals surface area contributed by atoms with Crippen molar-refractivity contribution in [2.75, 3.05) is 0 Å². The highest BCUT2D eigenvalue weighted by Gasteiger charge is 2.37. The second-order valence-electron chi connectivity index (χ2n) is 4.66. The van der Waals surface area contributed by atoms with Crippen LogP contribution in [0.25, 0.3) is 0 Å². The van der Waals surface area contributed by atoms with Gasteiger partial charge in [-0.1, -0.05) is 13.3 Å². The minimum absolute atomic E-state index is 0.336. The molecule has 0 saturated heterocycles. The maximum atomic E-state index is 11.1. The summed E-state index contributed by atoms with van der Waals surface area (Å²) < 4.78 is 0. The van der Waals surface area contributed by atoms with Crippen molar-refractivity contribution in [2.24, 2.45) is 5.92 Å². The zero-order valence-corrected chi connectivity index (χ0v) is 9.34. The molecule has 0 aliphatic heterocycles. The first-order valence-corrected chi connectivity index (χ1v) is 5.50. The number of rotatable bonds is 6. The first kappa shape index (κ1) is 11.5. The standard InChI is InChI=1S/C11H21NO2/c1-4-7-11(3,10(13)14)12-8(2)9-5-6-9/h8-9,12H,4-7H2,1-3H3,(H,13,14). The van der Waals surface area contributed by atoms with Gasteiger partial charge in [-0.15, -0.1) is 0 Å². The molecule has 0 aromatic rings. The van der Waals surface area contributed by atoms with Crippen molar-refractivity contribution < 1.29 is 9.90 Å². The molecule has 82 valence electrons. The second kappa shape index (κ2) is 4.30. The van der Waals surface area contributed by atoms with Crippen molar-refractivity contribution in [3.05, 3.63) is 0 Å². The number of hydrogen-bond acceptors (Lipinski definition) is 2. The molecule has 2 atom stereocenters. The van der Waals surface area contributed by atoms with E-state index in [1.165, 1.54) is 12.8 Å². The SMILES string of the molecule is CCCC(C)(NC(C)C1CC1)C(=O)O. The van der Waals surface area contributed by atoms with Crippen molar-refractivity contribution >= 4 is 5.97 Å². The van der Waals surface area contributed by atoms with Crippen LogP contribution in [-0.4, -0.2) is 22.7 Å². The Kier molecular flexibility index (Phi) is 3.53. The van der Waals surface area contributed by atoms with Crippen LogP contribution in [0.15, 0.2) is 0 Å². The third-order valence-electron chi connectivity index (χ3n) is 3.10. The van der Waals surface area contributed by atoms with E-state index < -0.39 is 11.5 Å². The lowest BCUT2D eigenvalue weighted by Gasteiger charge is -2.29. The maximum absolute atomic E-state index is 11.1. The van der Waals surface area contributed by atoms with Gasteiger partial charge in [0.1, 0.15) is 5.54 Å². The molecule has 1 fully saturated rings. The van der Waals surface area contributed by atoms with Crippen LogP contribution < -0.4 is 5.32 Å². The molecular weight excluding hydrogens is 178 g/mol. The second-order valence-corrected chi connectivity index (χ2v) is 4.66. The summed E-state index contributed by atoms with van der Waals surface area (Å²) in [6.07, 6.45) is 4.08. The summed E-state index contributed by atoms with van der Waals surface area (Å²) in [7, 11) is 0. The van der Waals surface area contributed by atoms with E-state index in [-0.39, 0.29) is 0 Å². The van der Waals surface area contributed by atoms with E-state index >= 15 is 0 Å². The van der Waals surface area contributed by atoms with Crippen molar-refractivity contribution in [1.82, 2.24) is 5.32 Å². The van der Waals surface area contributed by atoms with Crippen molar-refractivity contribution in [1.29, 1.82) is 0 Å². The molecule has 1 saturated carbocycles. The molecular formula is C11H21NO2. The lowest BCUT2D eigenvalue weighted by atomic mass is 9.94. The van der Waals surface area contributed by atoms with Gasteiger partial charge in [0, 0.05) is 6.04 Å². The maximum Gasteiger partial charge on any atom is 0.323 e. The number of aliphatic carboxylic acids is 1. The fourth-order valence-corrected chi connectivity index (χ4v) is 1.96. The van der Waals surface area contributed by atoms with Crippen LogP contribution in [0.2, 0.25) is 0 Å². The Hall–Kier alpha value is -0.570. The van der Waals surface area contributed by atoms with Gasteiger partial charge < -0.3 is 5.11 Å². The van der Waals surface area contributed by atoms with Gasteiger partial charge in [-0.2, -0.15) is 0 Å². The normalized spacial score (nSPS) is 22.8. The molecule has 0 amide bonds. The van der Waals surface area contributed by atoms with Crippen molar-refractivity contribution in [2.45, 2.75) is 58.0 Å². The van der Waals surface area contributed by atoms with E-state index in [9.17, 15) is 4.79 Å². The third-order valence-corrected chi connectivity index (χ3v) is 3.10. The Morgan fingerprint density at radius 3 is 2.57 bits per heavy atom. The largest absolute Gasteiger partial charge is 0.480 e. The van der Waals surface area contributed by atoms with Gasteiger partial charge >= 0.3 is 5.97 Å². The highest BCUT2D eigenvalue weighted by atomic mass is 16.4. The molecule has 1 aliphatic carbocycles. The number of hydrogen-bond donors (Lipinski definition) is 2. The van der Waals surface area contributed by atoms with Crippen molar-refractivity contribution in [3.63, 3.8) is 0 Å². The Morgan fingerprint density at radius 2 is 2.21 bits per heavy atom. The van der Waals surface area contributed by atoms with E-state index in [0.717, 1.165) is 6.42 Å². The predicted octanol–water partition coefficient (Wildman–Crippen LogP) is 2.02. The summed E-state index contributed by atoms with van der Waals surface area (Å²) in [6, 6.07) is 0.336. The average Bonchev–Trinajstić information content (AvgIpc) is 2.85. The number of carboxylic acids is 1. The van der Waals surface area contributed by atoms with Gasteiger partial charge in [0.15, 0.2) is 0 Å². The minimum Gasteiger partial charge on any atom is -0.480 e. The molecule has 14 heavy (non-hydrogen) atoms. The Bertz CT molecular complexity index is 213. The zero-order valence-electron chi connectivity index (χ0n) is 9.34. The molecule has 2 N–H and O–H groups in total. The Balaban J connectivity index is 2.52. The summed E-state index contributed by atoms with van der Waals surface area (Å²) in [5.41, 5.74) is -0.739. The molecule has 0 heterocycles. The predicted molar refractivity (Wildman–Crippen MR) is 56.3 cm³/mol. The number of nitrogens with one attached hydrogen (secondary N) is 1. The highest BCUT2D eigenvalue weighted by Crippen LogP contribution is 2.33. The van der Waals surface area contributed by atoms with Gasteiger partial charge in [-0.25, -0.2) is 0 Å². The first-order chi connectivity index (χ1) is 6.49. The molecule has 2 unspecified atom stereocenters. The van der Waals surface area contributed by atoms with Crippen LogP contribution in [0, 0.1) is 5.92 Å². The third kappa shape index (κ3) is 2.71. The summed E-state index contributed by atoms with van der Waals surface area (Å²) in [6.45, 7) is 5.90. The molecule has 0 bridgehead atoms. The molecule has 0 aromatic heterocycles. The molecule has 0 spiro atoms. The molecule has 1 aliphatic rings.